The van der Waals surface area contributed by atoms with Crippen LogP contribution in [0.5, 0.6) is 0 Å². The van der Waals surface area contributed by atoms with Gasteiger partial charge in [-0.05, 0) is 128 Å². The molecule has 0 spiro atoms. The molecule has 0 saturated heterocycles. The maximum atomic E-state index is 2.92. The van der Waals surface area contributed by atoms with Crippen LogP contribution in [0.2, 0.25) is 0 Å². The Hall–Kier alpha value is -6.00. The van der Waals surface area contributed by atoms with Crippen molar-refractivity contribution in [2.75, 3.05) is 14.7 Å². The molecule has 4 atom stereocenters. The van der Waals surface area contributed by atoms with Gasteiger partial charge in [-0.2, -0.15) is 0 Å². The minimum Gasteiger partial charge on any atom is -0.335 e. The van der Waals surface area contributed by atoms with Gasteiger partial charge in [-0.1, -0.05) is 158 Å². The molecule has 4 heteroatoms. The molecule has 0 bridgehead atoms. The molecule has 0 radical (unpaired) electrons. The van der Waals surface area contributed by atoms with Crippen LogP contribution < -0.4 is 31.1 Å². The van der Waals surface area contributed by atoms with Gasteiger partial charge in [-0.25, -0.2) is 0 Å². The van der Waals surface area contributed by atoms with Crippen LogP contribution >= 0.6 is 0 Å². The Balaban J connectivity index is 1.16. The lowest BCUT2D eigenvalue weighted by Crippen LogP contribution is -2.65. The number of anilines is 7. The molecule has 304 valence electrons. The molecule has 7 aromatic carbocycles. The Kier molecular flexibility index (Phi) is 7.56. The van der Waals surface area contributed by atoms with Crippen LogP contribution in [0.3, 0.4) is 0 Å². The molecule has 62 heavy (non-hydrogen) atoms. The van der Waals surface area contributed by atoms with E-state index < -0.39 is 0 Å². The zero-order valence-electron chi connectivity index (χ0n) is 36.6. The Morgan fingerprint density at radius 1 is 0.435 bits per heavy atom. The number of nitrogens with zero attached hydrogens (tertiary/aromatic N) is 3. The van der Waals surface area contributed by atoms with E-state index in [1.807, 2.05) is 0 Å². The van der Waals surface area contributed by atoms with Crippen LogP contribution in [0.15, 0.2) is 158 Å². The summed E-state index contributed by atoms with van der Waals surface area (Å²) in [5.41, 5.74) is 21.5. The molecule has 0 amide bonds. The maximum absolute atomic E-state index is 2.92. The predicted molar refractivity (Wildman–Crippen MR) is 261 cm³/mol. The zero-order valence-corrected chi connectivity index (χ0v) is 36.6. The monoisotopic (exact) mass is 803 g/mol. The third kappa shape index (κ3) is 4.39. The molecule has 13 rings (SSSR count). The molecule has 0 aromatic heterocycles. The fourth-order valence-electron chi connectivity index (χ4n) is 14.6. The van der Waals surface area contributed by atoms with Crippen molar-refractivity contribution in [3.05, 3.63) is 191 Å². The number of aryl methyl sites for hydroxylation is 2. The molecule has 3 nitrogen and oxygen atoms in total. The SMILES string of the molecule is Cc1ccc(N2c3ccc(C)cc3B3c4cccc5c4N(c4cc(N6c7ccccc7C7(c8ccccc8)CCCCC67C)cc2c43)C2(C)CCCCC52c2ccccc2)cc1. The van der Waals surface area contributed by atoms with Crippen molar-refractivity contribution in [2.45, 2.75) is 101 Å². The van der Waals surface area contributed by atoms with Gasteiger partial charge in [0.25, 0.3) is 6.71 Å². The largest absolute Gasteiger partial charge is 0.335 e. The summed E-state index contributed by atoms with van der Waals surface area (Å²) in [7, 11) is 0. The van der Waals surface area contributed by atoms with Gasteiger partial charge in [-0.15, -0.1) is 0 Å². The van der Waals surface area contributed by atoms with Gasteiger partial charge in [-0.3, -0.25) is 0 Å². The maximum Gasteiger partial charge on any atom is 0.252 e. The van der Waals surface area contributed by atoms with Crippen molar-refractivity contribution < 1.29 is 0 Å². The molecule has 2 aliphatic carbocycles. The van der Waals surface area contributed by atoms with E-state index in [1.165, 1.54) is 115 Å². The molecule has 0 N–H and O–H groups in total. The molecule has 2 saturated carbocycles. The Labute approximate surface area is 368 Å². The zero-order chi connectivity index (χ0) is 41.6. The molecule has 6 aliphatic rings. The second kappa shape index (κ2) is 12.8. The van der Waals surface area contributed by atoms with Crippen molar-refractivity contribution in [1.29, 1.82) is 0 Å². The smallest absolute Gasteiger partial charge is 0.252 e. The van der Waals surface area contributed by atoms with E-state index in [2.05, 4.69) is 200 Å². The fraction of sp³-hybridized carbons (Fsp3) is 0.276. The molecular formula is C58H54BN3. The number of benzene rings is 7. The summed E-state index contributed by atoms with van der Waals surface area (Å²) in [6.07, 6.45) is 9.47. The third-order valence-corrected chi connectivity index (χ3v) is 17.1. The number of rotatable bonds is 4. The van der Waals surface area contributed by atoms with Crippen LogP contribution in [0.4, 0.5) is 39.8 Å². The van der Waals surface area contributed by atoms with Gasteiger partial charge >= 0.3 is 0 Å². The van der Waals surface area contributed by atoms with E-state index in [0.29, 0.717) is 0 Å². The summed E-state index contributed by atoms with van der Waals surface area (Å²) in [6, 6.07) is 61.8. The second-order valence-electron chi connectivity index (χ2n) is 20.0. The first-order valence-corrected chi connectivity index (χ1v) is 23.4. The highest BCUT2D eigenvalue weighted by molar-refractivity contribution is 7.00. The molecular weight excluding hydrogens is 749 g/mol. The first-order valence-electron chi connectivity index (χ1n) is 23.4. The highest BCUT2D eigenvalue weighted by atomic mass is 15.3. The van der Waals surface area contributed by atoms with E-state index in [1.54, 1.807) is 0 Å². The molecule has 4 unspecified atom stereocenters. The van der Waals surface area contributed by atoms with E-state index in [4.69, 9.17) is 0 Å². The second-order valence-corrected chi connectivity index (χ2v) is 20.0. The fourth-order valence-corrected chi connectivity index (χ4v) is 14.6. The Morgan fingerprint density at radius 3 is 1.73 bits per heavy atom. The minimum absolute atomic E-state index is 0.105. The van der Waals surface area contributed by atoms with Crippen molar-refractivity contribution in [3.63, 3.8) is 0 Å². The number of para-hydroxylation sites is 2. The first-order chi connectivity index (χ1) is 30.3. The molecule has 7 aromatic rings. The summed E-state index contributed by atoms with van der Waals surface area (Å²) in [4.78, 5) is 8.39. The number of hydrogen-bond donors (Lipinski definition) is 0. The average molecular weight is 804 g/mol. The quantitative estimate of drug-likeness (QED) is 0.164. The van der Waals surface area contributed by atoms with Gasteiger partial charge in [0.1, 0.15) is 0 Å². The number of hydrogen-bond acceptors (Lipinski definition) is 3. The lowest BCUT2D eigenvalue weighted by Gasteiger charge is -2.55. The van der Waals surface area contributed by atoms with Crippen LogP contribution in [-0.4, -0.2) is 17.8 Å². The van der Waals surface area contributed by atoms with E-state index >= 15 is 0 Å². The minimum atomic E-state index is -0.180. The summed E-state index contributed by atoms with van der Waals surface area (Å²) in [5.74, 6) is 0. The van der Waals surface area contributed by atoms with E-state index in [-0.39, 0.29) is 28.6 Å². The van der Waals surface area contributed by atoms with Crippen molar-refractivity contribution in [2.24, 2.45) is 0 Å². The highest BCUT2D eigenvalue weighted by Crippen LogP contribution is 2.67. The van der Waals surface area contributed by atoms with Crippen LogP contribution in [0.1, 0.15) is 98.6 Å². The topological polar surface area (TPSA) is 9.72 Å². The summed E-state index contributed by atoms with van der Waals surface area (Å²) >= 11 is 0. The molecule has 2 fully saturated rings. The summed E-state index contributed by atoms with van der Waals surface area (Å²) in [6.45, 7) is 9.82. The standard InChI is InChI=1S/C58H54BN3/c1-39-26-29-43(30-27-39)60-50-31-28-40(2)36-48(50)59-47-24-17-23-46-54(47)62(56(4)33-14-16-35-58(46,56)42-20-9-6-10-21-42)52-38-44(37-51(60)53(52)59)61-49-25-12-11-22-45(49)57(41-18-7-5-8-19-41)34-15-13-32-55(57,61)3/h5-12,17-31,36-38H,13-16,32-35H2,1-4H3. The van der Waals surface area contributed by atoms with Crippen LogP contribution in [-0.2, 0) is 10.8 Å². The van der Waals surface area contributed by atoms with E-state index in [9.17, 15) is 0 Å². The third-order valence-electron chi connectivity index (χ3n) is 17.1. The predicted octanol–water partition coefficient (Wildman–Crippen LogP) is 12.5. The van der Waals surface area contributed by atoms with Crippen LogP contribution in [0, 0.1) is 13.8 Å². The van der Waals surface area contributed by atoms with Crippen molar-refractivity contribution in [3.8, 4) is 0 Å². The molecule has 4 heterocycles. The normalized spacial score (nSPS) is 26.0. The highest BCUT2D eigenvalue weighted by Gasteiger charge is 2.65. The van der Waals surface area contributed by atoms with Gasteiger partial charge in [0.15, 0.2) is 0 Å². The average Bonchev–Trinajstić information content (AvgIpc) is 3.70. The van der Waals surface area contributed by atoms with Crippen LogP contribution in [0.25, 0.3) is 0 Å². The first kappa shape index (κ1) is 36.6. The lowest BCUT2D eigenvalue weighted by molar-refractivity contribution is 0.214. The summed E-state index contributed by atoms with van der Waals surface area (Å²) in [5, 5.41) is 0. The van der Waals surface area contributed by atoms with Crippen molar-refractivity contribution in [1.82, 2.24) is 0 Å². The van der Waals surface area contributed by atoms with Gasteiger partial charge in [0.2, 0.25) is 0 Å². The number of fused-ring (bicyclic) bond motifs is 10. The van der Waals surface area contributed by atoms with Gasteiger partial charge in [0, 0.05) is 50.6 Å². The molecule has 4 aliphatic heterocycles. The van der Waals surface area contributed by atoms with Crippen molar-refractivity contribution >= 4 is 62.9 Å². The summed E-state index contributed by atoms with van der Waals surface area (Å²) < 4.78 is 0. The van der Waals surface area contributed by atoms with Gasteiger partial charge < -0.3 is 14.7 Å². The Morgan fingerprint density at radius 2 is 1.02 bits per heavy atom. The lowest BCUT2D eigenvalue weighted by atomic mass is 9.33. The van der Waals surface area contributed by atoms with E-state index in [0.717, 1.165) is 25.7 Å². The Bertz CT molecular complexity index is 2960. The van der Waals surface area contributed by atoms with Gasteiger partial charge in [0.05, 0.1) is 11.1 Å².